The van der Waals surface area contributed by atoms with Gasteiger partial charge >= 0.3 is 0 Å². The fourth-order valence-electron chi connectivity index (χ4n) is 3.23. The van der Waals surface area contributed by atoms with Crippen LogP contribution in [0.3, 0.4) is 0 Å². The van der Waals surface area contributed by atoms with Gasteiger partial charge in [0.15, 0.2) is 6.61 Å². The lowest BCUT2D eigenvalue weighted by molar-refractivity contribution is -0.140. The lowest BCUT2D eigenvalue weighted by Crippen LogP contribution is -2.52. The molecule has 1 heterocycles. The molecular weight excluding hydrogens is 340 g/mol. The van der Waals surface area contributed by atoms with E-state index < -0.39 is 0 Å². The van der Waals surface area contributed by atoms with Crippen LogP contribution < -0.4 is 4.74 Å². The summed E-state index contributed by atoms with van der Waals surface area (Å²) in [7, 11) is 0. The van der Waals surface area contributed by atoms with Gasteiger partial charge in [0.1, 0.15) is 5.75 Å². The van der Waals surface area contributed by atoms with E-state index in [0.717, 1.165) is 16.7 Å². The van der Waals surface area contributed by atoms with Gasteiger partial charge in [-0.3, -0.25) is 9.59 Å². The summed E-state index contributed by atoms with van der Waals surface area (Å²) in [6.45, 7) is 6.28. The summed E-state index contributed by atoms with van der Waals surface area (Å²) in [5.41, 5.74) is 3.29. The maximum Gasteiger partial charge on any atom is 0.260 e. The Hall–Kier alpha value is -2.82. The SMILES string of the molecule is Cc1cccc(OCC(=O)N2CCN(C(=O)Cc3ccccc3C)CC2)c1. The number of benzene rings is 2. The largest absolute Gasteiger partial charge is 0.484 e. The van der Waals surface area contributed by atoms with Crippen LogP contribution in [-0.4, -0.2) is 54.4 Å². The second kappa shape index (κ2) is 8.71. The number of nitrogens with zero attached hydrogens (tertiary/aromatic N) is 2. The van der Waals surface area contributed by atoms with Crippen molar-refractivity contribution in [3.63, 3.8) is 0 Å². The molecule has 2 amide bonds. The molecule has 0 aliphatic carbocycles. The van der Waals surface area contributed by atoms with E-state index >= 15 is 0 Å². The smallest absolute Gasteiger partial charge is 0.260 e. The van der Waals surface area contributed by atoms with Crippen LogP contribution in [0.2, 0.25) is 0 Å². The lowest BCUT2D eigenvalue weighted by atomic mass is 10.1. The topological polar surface area (TPSA) is 49.9 Å². The van der Waals surface area contributed by atoms with Gasteiger partial charge in [-0.15, -0.1) is 0 Å². The predicted molar refractivity (Wildman–Crippen MR) is 105 cm³/mol. The van der Waals surface area contributed by atoms with Crippen molar-refractivity contribution in [2.45, 2.75) is 20.3 Å². The molecule has 1 fully saturated rings. The van der Waals surface area contributed by atoms with Gasteiger partial charge < -0.3 is 14.5 Å². The van der Waals surface area contributed by atoms with Crippen LogP contribution in [0.4, 0.5) is 0 Å². The number of ether oxygens (including phenoxy) is 1. The minimum Gasteiger partial charge on any atom is -0.484 e. The Morgan fingerprint density at radius 3 is 2.22 bits per heavy atom. The van der Waals surface area contributed by atoms with Crippen molar-refractivity contribution in [1.29, 1.82) is 0 Å². The normalized spacial score (nSPS) is 14.1. The average molecular weight is 366 g/mol. The van der Waals surface area contributed by atoms with E-state index in [0.29, 0.717) is 38.3 Å². The third-order valence-electron chi connectivity index (χ3n) is 4.94. The van der Waals surface area contributed by atoms with Crippen LogP contribution in [0, 0.1) is 13.8 Å². The Balaban J connectivity index is 1.46. The molecule has 5 nitrogen and oxygen atoms in total. The Morgan fingerprint density at radius 2 is 1.56 bits per heavy atom. The zero-order valence-electron chi connectivity index (χ0n) is 16.0. The van der Waals surface area contributed by atoms with Gasteiger partial charge in [0.2, 0.25) is 5.91 Å². The first-order valence-electron chi connectivity index (χ1n) is 9.32. The number of carbonyl (C=O) groups is 2. The zero-order chi connectivity index (χ0) is 19.2. The highest BCUT2D eigenvalue weighted by Gasteiger charge is 2.24. The first-order chi connectivity index (χ1) is 13.0. The van der Waals surface area contributed by atoms with Gasteiger partial charge in [0.05, 0.1) is 6.42 Å². The fourth-order valence-corrected chi connectivity index (χ4v) is 3.23. The number of piperazine rings is 1. The van der Waals surface area contributed by atoms with E-state index in [1.54, 1.807) is 4.90 Å². The lowest BCUT2D eigenvalue weighted by Gasteiger charge is -2.34. The van der Waals surface area contributed by atoms with E-state index in [2.05, 4.69) is 0 Å². The van der Waals surface area contributed by atoms with Gasteiger partial charge in [-0.1, -0.05) is 36.4 Å². The average Bonchev–Trinajstić information content (AvgIpc) is 2.68. The highest BCUT2D eigenvalue weighted by Crippen LogP contribution is 2.14. The third-order valence-corrected chi connectivity index (χ3v) is 4.94. The molecule has 1 saturated heterocycles. The quantitative estimate of drug-likeness (QED) is 0.817. The van der Waals surface area contributed by atoms with E-state index in [-0.39, 0.29) is 18.4 Å². The fraction of sp³-hybridized carbons (Fsp3) is 0.364. The summed E-state index contributed by atoms with van der Waals surface area (Å²) in [4.78, 5) is 28.5. The van der Waals surface area contributed by atoms with Crippen LogP contribution in [0.25, 0.3) is 0 Å². The molecule has 142 valence electrons. The van der Waals surface area contributed by atoms with Crippen molar-refractivity contribution < 1.29 is 14.3 Å². The number of rotatable bonds is 5. The van der Waals surface area contributed by atoms with Crippen LogP contribution in [-0.2, 0) is 16.0 Å². The molecular formula is C22H26N2O3. The summed E-state index contributed by atoms with van der Waals surface area (Å²) in [5.74, 6) is 0.783. The molecule has 0 unspecified atom stereocenters. The number of hydrogen-bond acceptors (Lipinski definition) is 3. The molecule has 3 rings (SSSR count). The second-order valence-electron chi connectivity index (χ2n) is 6.97. The Morgan fingerprint density at radius 1 is 0.889 bits per heavy atom. The van der Waals surface area contributed by atoms with Gasteiger partial charge in [0.25, 0.3) is 5.91 Å². The monoisotopic (exact) mass is 366 g/mol. The molecule has 27 heavy (non-hydrogen) atoms. The van der Waals surface area contributed by atoms with Crippen molar-refractivity contribution in [1.82, 2.24) is 9.80 Å². The molecule has 1 aliphatic heterocycles. The molecule has 1 aliphatic rings. The van der Waals surface area contributed by atoms with Crippen LogP contribution in [0.15, 0.2) is 48.5 Å². The number of carbonyl (C=O) groups excluding carboxylic acids is 2. The molecule has 2 aromatic rings. The van der Waals surface area contributed by atoms with Gasteiger partial charge in [-0.25, -0.2) is 0 Å². The third kappa shape index (κ3) is 5.09. The molecule has 0 aromatic heterocycles. The van der Waals surface area contributed by atoms with Crippen molar-refractivity contribution >= 4 is 11.8 Å². The molecule has 0 N–H and O–H groups in total. The maximum absolute atomic E-state index is 12.5. The van der Waals surface area contributed by atoms with Crippen LogP contribution in [0.5, 0.6) is 5.75 Å². The van der Waals surface area contributed by atoms with Crippen molar-refractivity contribution in [3.05, 3.63) is 65.2 Å². The van der Waals surface area contributed by atoms with Gasteiger partial charge in [-0.2, -0.15) is 0 Å². The minimum atomic E-state index is -0.0393. The van der Waals surface area contributed by atoms with E-state index in [1.807, 2.05) is 67.3 Å². The molecule has 0 spiro atoms. The summed E-state index contributed by atoms with van der Waals surface area (Å²) >= 11 is 0. The summed E-state index contributed by atoms with van der Waals surface area (Å²) < 4.78 is 5.60. The summed E-state index contributed by atoms with van der Waals surface area (Å²) in [5, 5.41) is 0. The minimum absolute atomic E-state index is 0.0284. The highest BCUT2D eigenvalue weighted by atomic mass is 16.5. The Bertz CT molecular complexity index is 811. The molecule has 5 heteroatoms. The van der Waals surface area contributed by atoms with Crippen molar-refractivity contribution in [2.75, 3.05) is 32.8 Å². The summed E-state index contributed by atoms with van der Waals surface area (Å²) in [6, 6.07) is 15.6. The Labute approximate surface area is 160 Å². The standard InChI is InChI=1S/C22H26N2O3/c1-17-6-5-9-20(14-17)27-16-22(26)24-12-10-23(11-13-24)21(25)15-19-8-4-3-7-18(19)2/h3-9,14H,10-13,15-16H2,1-2H3. The molecule has 0 bridgehead atoms. The van der Waals surface area contributed by atoms with Crippen molar-refractivity contribution in [3.8, 4) is 5.75 Å². The van der Waals surface area contributed by atoms with Crippen LogP contribution in [0.1, 0.15) is 16.7 Å². The predicted octanol–water partition coefficient (Wildman–Crippen LogP) is 2.60. The first-order valence-corrected chi connectivity index (χ1v) is 9.32. The van der Waals surface area contributed by atoms with Gasteiger partial charge in [0, 0.05) is 26.2 Å². The molecule has 0 atom stereocenters. The first kappa shape index (κ1) is 19.0. The summed E-state index contributed by atoms with van der Waals surface area (Å²) in [6.07, 6.45) is 0.414. The van der Waals surface area contributed by atoms with Gasteiger partial charge in [-0.05, 0) is 42.7 Å². The van der Waals surface area contributed by atoms with E-state index in [4.69, 9.17) is 4.74 Å². The van der Waals surface area contributed by atoms with Crippen molar-refractivity contribution in [2.24, 2.45) is 0 Å². The molecule has 2 aromatic carbocycles. The number of amides is 2. The van der Waals surface area contributed by atoms with E-state index in [9.17, 15) is 9.59 Å². The number of aryl methyl sites for hydroxylation is 2. The molecule has 0 saturated carbocycles. The highest BCUT2D eigenvalue weighted by molar-refractivity contribution is 5.80. The molecule has 0 radical (unpaired) electrons. The zero-order valence-corrected chi connectivity index (χ0v) is 16.0. The Kier molecular flexibility index (Phi) is 6.12. The van der Waals surface area contributed by atoms with Crippen LogP contribution >= 0.6 is 0 Å². The van der Waals surface area contributed by atoms with E-state index in [1.165, 1.54) is 0 Å². The maximum atomic E-state index is 12.5. The second-order valence-corrected chi connectivity index (χ2v) is 6.97. The number of hydrogen-bond donors (Lipinski definition) is 0.